The number of hydrogen-bond acceptors (Lipinski definition) is 1. The maximum absolute atomic E-state index is 5.20. The summed E-state index contributed by atoms with van der Waals surface area (Å²) >= 11 is 0. The number of methoxy groups -OCH3 is 1. The molecule has 1 nitrogen and oxygen atoms in total. The molecular formula is C9H9LiO. The van der Waals surface area contributed by atoms with Gasteiger partial charge >= 0.3 is 18.9 Å². The average Bonchev–Trinajstić information content (AvgIpc) is 2.04. The van der Waals surface area contributed by atoms with Crippen molar-refractivity contribution in [1.29, 1.82) is 0 Å². The number of terminal acetylenes is 1. The van der Waals surface area contributed by atoms with Crippen LogP contribution in [0.15, 0.2) is 24.3 Å². The Hall–Kier alpha value is -0.823. The van der Waals surface area contributed by atoms with Gasteiger partial charge in [0.1, 0.15) is 5.75 Å². The number of rotatable bonds is 1. The van der Waals surface area contributed by atoms with Gasteiger partial charge in [-0.2, -0.15) is 0 Å². The van der Waals surface area contributed by atoms with Crippen molar-refractivity contribution in [3.05, 3.63) is 29.8 Å². The molecule has 1 rings (SSSR count). The van der Waals surface area contributed by atoms with E-state index in [9.17, 15) is 0 Å². The van der Waals surface area contributed by atoms with Gasteiger partial charge in [-0.15, -0.1) is 6.42 Å². The van der Waals surface area contributed by atoms with Gasteiger partial charge in [-0.25, -0.2) is 0 Å². The summed E-state index contributed by atoms with van der Waals surface area (Å²) in [5.41, 5.74) is 0.796. The van der Waals surface area contributed by atoms with E-state index in [4.69, 9.17) is 11.2 Å². The molecule has 0 aliphatic rings. The average molecular weight is 140 g/mol. The normalized spacial score (nSPS) is 7.64. The number of hydrogen-bond donors (Lipinski definition) is 0. The quantitative estimate of drug-likeness (QED) is 0.418. The fourth-order valence-electron chi connectivity index (χ4n) is 0.764. The molecule has 2 heteroatoms. The second-order valence-corrected chi connectivity index (χ2v) is 1.84. The molecule has 0 radical (unpaired) electrons. The van der Waals surface area contributed by atoms with Crippen LogP contribution >= 0.6 is 0 Å². The third-order valence-corrected chi connectivity index (χ3v) is 1.26. The van der Waals surface area contributed by atoms with Gasteiger partial charge in [0.2, 0.25) is 0 Å². The summed E-state index contributed by atoms with van der Waals surface area (Å²) in [6.45, 7) is 0. The predicted molar refractivity (Wildman–Crippen MR) is 48.1 cm³/mol. The van der Waals surface area contributed by atoms with Gasteiger partial charge in [0.15, 0.2) is 0 Å². The first kappa shape index (κ1) is 10.2. The number of benzene rings is 1. The number of ether oxygens (including phenoxy) is 1. The first-order chi connectivity index (χ1) is 4.88. The summed E-state index contributed by atoms with van der Waals surface area (Å²) in [6.07, 6.45) is 5.20. The molecule has 1 aromatic carbocycles. The van der Waals surface area contributed by atoms with Gasteiger partial charge < -0.3 is 4.74 Å². The fraction of sp³-hybridized carbons (Fsp3) is 0.111. The van der Waals surface area contributed by atoms with Crippen molar-refractivity contribution in [2.75, 3.05) is 7.11 Å². The molecule has 0 fully saturated rings. The van der Waals surface area contributed by atoms with E-state index in [1.165, 1.54) is 0 Å². The van der Waals surface area contributed by atoms with Crippen LogP contribution in [-0.4, -0.2) is 26.0 Å². The molecule has 0 saturated heterocycles. The summed E-state index contributed by atoms with van der Waals surface area (Å²) in [6, 6.07) is 7.46. The van der Waals surface area contributed by atoms with Gasteiger partial charge in [0, 0.05) is 0 Å². The molecule has 0 aliphatic heterocycles. The van der Waals surface area contributed by atoms with Crippen molar-refractivity contribution >= 4 is 18.9 Å². The van der Waals surface area contributed by atoms with Crippen LogP contribution < -0.4 is 4.74 Å². The molecule has 0 unspecified atom stereocenters. The Bertz CT molecular complexity index is 263. The summed E-state index contributed by atoms with van der Waals surface area (Å²) in [4.78, 5) is 0. The van der Waals surface area contributed by atoms with Crippen molar-refractivity contribution < 1.29 is 4.74 Å². The molecule has 0 aromatic heterocycles. The molecule has 0 bridgehead atoms. The third kappa shape index (κ3) is 2.35. The molecule has 0 atom stereocenters. The predicted octanol–water partition coefficient (Wildman–Crippen LogP) is 1.03. The van der Waals surface area contributed by atoms with Crippen molar-refractivity contribution in [3.63, 3.8) is 0 Å². The van der Waals surface area contributed by atoms with Crippen LogP contribution in [0.4, 0.5) is 0 Å². The van der Waals surface area contributed by atoms with E-state index in [0.717, 1.165) is 11.3 Å². The Labute approximate surface area is 78.9 Å². The van der Waals surface area contributed by atoms with E-state index in [0.29, 0.717) is 0 Å². The van der Waals surface area contributed by atoms with Gasteiger partial charge in [-0.05, 0) is 12.1 Å². The first-order valence-corrected chi connectivity index (χ1v) is 2.98. The Morgan fingerprint density at radius 2 is 2.00 bits per heavy atom. The molecule has 0 spiro atoms. The summed E-state index contributed by atoms with van der Waals surface area (Å²) in [5.74, 6) is 3.28. The first-order valence-electron chi connectivity index (χ1n) is 2.98. The monoisotopic (exact) mass is 140 g/mol. The van der Waals surface area contributed by atoms with Gasteiger partial charge in [0.25, 0.3) is 0 Å². The van der Waals surface area contributed by atoms with Crippen molar-refractivity contribution in [3.8, 4) is 18.1 Å². The molecule has 0 N–H and O–H groups in total. The molecule has 11 heavy (non-hydrogen) atoms. The Kier molecular flexibility index (Phi) is 4.54. The third-order valence-electron chi connectivity index (χ3n) is 1.26. The van der Waals surface area contributed by atoms with Crippen LogP contribution in [0.1, 0.15) is 5.56 Å². The molecule has 0 aliphatic carbocycles. The maximum atomic E-state index is 5.20. The fourth-order valence-corrected chi connectivity index (χ4v) is 0.764. The summed E-state index contributed by atoms with van der Waals surface area (Å²) in [5, 5.41) is 0. The van der Waals surface area contributed by atoms with E-state index in [1.807, 2.05) is 24.3 Å². The summed E-state index contributed by atoms with van der Waals surface area (Å²) in [7, 11) is 1.61. The second kappa shape index (κ2) is 4.91. The van der Waals surface area contributed by atoms with Crippen LogP contribution in [0.3, 0.4) is 0 Å². The zero-order chi connectivity index (χ0) is 7.40. The minimum atomic E-state index is 0. The van der Waals surface area contributed by atoms with Gasteiger partial charge in [-0.3, -0.25) is 0 Å². The molecule has 0 heterocycles. The Morgan fingerprint density at radius 1 is 1.36 bits per heavy atom. The minimum absolute atomic E-state index is 0. The van der Waals surface area contributed by atoms with Crippen LogP contribution in [-0.2, 0) is 0 Å². The SMILES string of the molecule is C#Cc1ccccc1OC.[LiH]. The molecule has 0 saturated carbocycles. The molecule has 0 amide bonds. The van der Waals surface area contributed by atoms with Gasteiger partial charge in [-0.1, -0.05) is 18.1 Å². The molecule has 52 valence electrons. The van der Waals surface area contributed by atoms with Crippen LogP contribution in [0.25, 0.3) is 0 Å². The van der Waals surface area contributed by atoms with Crippen LogP contribution in [0, 0.1) is 12.3 Å². The topological polar surface area (TPSA) is 9.23 Å². The Balaban J connectivity index is 0.000001000. The van der Waals surface area contributed by atoms with E-state index < -0.39 is 0 Å². The zero-order valence-corrected chi connectivity index (χ0v) is 5.79. The van der Waals surface area contributed by atoms with E-state index in [1.54, 1.807) is 7.11 Å². The van der Waals surface area contributed by atoms with Crippen LogP contribution in [0.2, 0.25) is 0 Å². The van der Waals surface area contributed by atoms with Crippen molar-refractivity contribution in [2.45, 2.75) is 0 Å². The summed E-state index contributed by atoms with van der Waals surface area (Å²) < 4.78 is 4.99. The van der Waals surface area contributed by atoms with Crippen LogP contribution in [0.5, 0.6) is 5.75 Å². The zero-order valence-electron chi connectivity index (χ0n) is 5.79. The second-order valence-electron chi connectivity index (χ2n) is 1.84. The van der Waals surface area contributed by atoms with E-state index in [-0.39, 0.29) is 18.9 Å². The van der Waals surface area contributed by atoms with Crippen molar-refractivity contribution in [2.24, 2.45) is 0 Å². The molecule has 1 aromatic rings. The Morgan fingerprint density at radius 3 is 2.45 bits per heavy atom. The van der Waals surface area contributed by atoms with Gasteiger partial charge in [0.05, 0.1) is 12.7 Å². The van der Waals surface area contributed by atoms with Crippen molar-refractivity contribution in [1.82, 2.24) is 0 Å². The molecular weight excluding hydrogens is 131 g/mol. The number of para-hydroxylation sites is 1. The van der Waals surface area contributed by atoms with E-state index >= 15 is 0 Å². The van der Waals surface area contributed by atoms with E-state index in [2.05, 4.69) is 5.92 Å². The standard InChI is InChI=1S/C9H8O.Li.H/c1-3-8-6-4-5-7-9(8)10-2;;/h1,4-7H,2H3;;.